The zero-order valence-electron chi connectivity index (χ0n) is 13.8. The van der Waals surface area contributed by atoms with E-state index in [-0.39, 0.29) is 0 Å². The first kappa shape index (κ1) is 16.3. The van der Waals surface area contributed by atoms with E-state index >= 15 is 0 Å². The van der Waals surface area contributed by atoms with Gasteiger partial charge in [0.05, 0.1) is 12.7 Å². The molecule has 0 aliphatic heterocycles. The summed E-state index contributed by atoms with van der Waals surface area (Å²) in [7, 11) is 0. The fourth-order valence-electron chi connectivity index (χ4n) is 2.76. The molecule has 0 bridgehead atoms. The molecule has 0 aliphatic carbocycles. The highest BCUT2D eigenvalue weighted by Crippen LogP contribution is 2.22. The molecule has 4 aromatic rings. The Hall–Kier alpha value is -2.20. The predicted molar refractivity (Wildman–Crippen MR) is 98.8 cm³/mol. The van der Waals surface area contributed by atoms with Gasteiger partial charge in [-0.3, -0.25) is 0 Å². The Kier molecular flexibility index (Phi) is 4.53. The zero-order valence-corrected chi connectivity index (χ0v) is 15.5. The minimum absolute atomic E-state index is 0.821. The van der Waals surface area contributed by atoms with Gasteiger partial charge in [0.2, 0.25) is 0 Å². The quantitative estimate of drug-likeness (QED) is 0.377. The van der Waals surface area contributed by atoms with Crippen molar-refractivity contribution in [3.63, 3.8) is 0 Å². The second-order valence-corrected chi connectivity index (χ2v) is 6.93. The smallest absolute Gasteiger partial charge is 0.164 e. The largest absolute Gasteiger partial charge is 0.315 e. The highest BCUT2D eigenvalue weighted by molar-refractivity contribution is 7.99. The van der Waals surface area contributed by atoms with Crippen LogP contribution in [0.4, 0.5) is 0 Å². The van der Waals surface area contributed by atoms with Gasteiger partial charge in [-0.05, 0) is 18.9 Å². The first-order valence-corrected chi connectivity index (χ1v) is 10.2. The van der Waals surface area contributed by atoms with E-state index in [9.17, 15) is 0 Å². The summed E-state index contributed by atoms with van der Waals surface area (Å²) in [4.78, 5) is 26.2. The molecule has 25 heavy (non-hydrogen) atoms. The van der Waals surface area contributed by atoms with Crippen LogP contribution in [-0.4, -0.2) is 51.5 Å². The summed E-state index contributed by atoms with van der Waals surface area (Å²) in [5.74, 6) is 0. The van der Waals surface area contributed by atoms with Gasteiger partial charge in [-0.2, -0.15) is 0 Å². The number of imidazole rings is 2. The Labute approximate surface area is 152 Å². The van der Waals surface area contributed by atoms with Crippen molar-refractivity contribution >= 4 is 45.9 Å². The van der Waals surface area contributed by atoms with E-state index in [4.69, 9.17) is 0 Å². The van der Waals surface area contributed by atoms with Gasteiger partial charge in [0.1, 0.15) is 33.7 Å². The second kappa shape index (κ2) is 6.96. The van der Waals surface area contributed by atoms with E-state index < -0.39 is 0 Å². The van der Waals surface area contributed by atoms with E-state index in [0.29, 0.717) is 0 Å². The number of aryl methyl sites for hydroxylation is 2. The molecule has 0 N–H and O–H groups in total. The maximum atomic E-state index is 4.45. The molecule has 0 spiro atoms. The lowest BCUT2D eigenvalue weighted by Gasteiger charge is -2.06. The van der Waals surface area contributed by atoms with Crippen LogP contribution < -0.4 is 0 Å². The summed E-state index contributed by atoms with van der Waals surface area (Å²) in [5.41, 5.74) is 3.48. The van der Waals surface area contributed by atoms with Crippen molar-refractivity contribution in [1.82, 2.24) is 39.0 Å². The van der Waals surface area contributed by atoms with Crippen molar-refractivity contribution in [1.29, 1.82) is 0 Å². The topological polar surface area (TPSA) is 87.2 Å². The Balaban J connectivity index is 1.52. The van der Waals surface area contributed by atoms with Gasteiger partial charge >= 0.3 is 0 Å². The molecule has 0 unspecified atom stereocenters. The third-order valence-electron chi connectivity index (χ3n) is 3.92. The molecule has 4 heterocycles. The molecule has 4 aromatic heterocycles. The van der Waals surface area contributed by atoms with Gasteiger partial charge in [-0.25, -0.2) is 29.9 Å². The molecule has 0 fully saturated rings. The van der Waals surface area contributed by atoms with Crippen LogP contribution in [0.3, 0.4) is 0 Å². The molecule has 0 aromatic carbocycles. The van der Waals surface area contributed by atoms with Gasteiger partial charge < -0.3 is 9.13 Å². The SMILES string of the molecule is CSc1ncnc2c1ncn2CCCn1cnc2c(SC)ncnc21. The maximum absolute atomic E-state index is 4.45. The molecule has 4 rings (SSSR count). The van der Waals surface area contributed by atoms with Gasteiger partial charge in [0.25, 0.3) is 0 Å². The fourth-order valence-corrected chi connectivity index (χ4v) is 3.74. The lowest BCUT2D eigenvalue weighted by molar-refractivity contribution is 0.575. The Bertz CT molecular complexity index is 943. The van der Waals surface area contributed by atoms with Crippen molar-refractivity contribution in [3.05, 3.63) is 25.3 Å². The number of nitrogens with zero attached hydrogens (tertiary/aromatic N) is 8. The van der Waals surface area contributed by atoms with Gasteiger partial charge in [0.15, 0.2) is 11.3 Å². The lowest BCUT2D eigenvalue weighted by Crippen LogP contribution is -2.04. The van der Waals surface area contributed by atoms with Crippen LogP contribution in [0.15, 0.2) is 35.4 Å². The zero-order chi connectivity index (χ0) is 17.2. The maximum Gasteiger partial charge on any atom is 0.164 e. The van der Waals surface area contributed by atoms with Crippen molar-refractivity contribution in [2.45, 2.75) is 29.6 Å². The molecule has 0 atom stereocenters. The number of aromatic nitrogens is 8. The van der Waals surface area contributed by atoms with E-state index in [1.165, 1.54) is 0 Å². The third kappa shape index (κ3) is 2.95. The molecule has 0 saturated carbocycles. The summed E-state index contributed by atoms with van der Waals surface area (Å²) in [5, 5.41) is 1.82. The summed E-state index contributed by atoms with van der Waals surface area (Å²) >= 11 is 3.17. The van der Waals surface area contributed by atoms with Crippen LogP contribution in [0.1, 0.15) is 6.42 Å². The standard InChI is InChI=1S/C15H16N8S2/c1-24-14-10-12(16-6-18-14)22(8-20-10)4-3-5-23-9-21-11-13(23)17-7-19-15(11)25-2/h6-9H,3-5H2,1-2H3. The number of fused-ring (bicyclic) bond motifs is 2. The van der Waals surface area contributed by atoms with Crippen LogP contribution in [0.2, 0.25) is 0 Å². The van der Waals surface area contributed by atoms with E-state index in [2.05, 4.69) is 39.0 Å². The van der Waals surface area contributed by atoms with Crippen LogP contribution in [0, 0.1) is 0 Å². The molecule has 0 amide bonds. The summed E-state index contributed by atoms with van der Waals surface area (Å²) in [6.45, 7) is 1.64. The molecule has 10 heteroatoms. The first-order chi connectivity index (χ1) is 12.3. The molecular formula is C15H16N8S2. The molecule has 0 aliphatic rings. The van der Waals surface area contributed by atoms with E-state index in [0.717, 1.165) is 51.9 Å². The molecule has 0 radical (unpaired) electrons. The number of thioether (sulfide) groups is 2. The second-order valence-electron chi connectivity index (χ2n) is 5.34. The van der Waals surface area contributed by atoms with Crippen molar-refractivity contribution < 1.29 is 0 Å². The summed E-state index contributed by atoms with van der Waals surface area (Å²) < 4.78 is 4.14. The normalized spacial score (nSPS) is 11.6. The average Bonchev–Trinajstić information content (AvgIpc) is 3.26. The molecule has 128 valence electrons. The Morgan fingerprint density at radius 2 is 1.20 bits per heavy atom. The van der Waals surface area contributed by atoms with Gasteiger partial charge in [-0.1, -0.05) is 0 Å². The average molecular weight is 372 g/mol. The minimum Gasteiger partial charge on any atom is -0.315 e. The highest BCUT2D eigenvalue weighted by Gasteiger charge is 2.11. The molecule has 0 saturated heterocycles. The third-order valence-corrected chi connectivity index (χ3v) is 5.29. The molecular weight excluding hydrogens is 356 g/mol. The summed E-state index contributed by atoms with van der Waals surface area (Å²) in [6.07, 6.45) is 11.8. The Morgan fingerprint density at radius 3 is 1.64 bits per heavy atom. The van der Waals surface area contributed by atoms with Gasteiger partial charge in [-0.15, -0.1) is 23.5 Å². The first-order valence-electron chi connectivity index (χ1n) is 7.71. The van der Waals surface area contributed by atoms with E-state index in [1.807, 2.05) is 25.2 Å². The lowest BCUT2D eigenvalue weighted by atomic mass is 10.4. The van der Waals surface area contributed by atoms with Crippen LogP contribution >= 0.6 is 23.5 Å². The Morgan fingerprint density at radius 1 is 0.720 bits per heavy atom. The monoisotopic (exact) mass is 372 g/mol. The van der Waals surface area contributed by atoms with Crippen molar-refractivity contribution in [3.8, 4) is 0 Å². The van der Waals surface area contributed by atoms with E-state index in [1.54, 1.807) is 36.2 Å². The number of hydrogen-bond acceptors (Lipinski definition) is 8. The van der Waals surface area contributed by atoms with Crippen LogP contribution in [0.5, 0.6) is 0 Å². The van der Waals surface area contributed by atoms with Crippen molar-refractivity contribution in [2.24, 2.45) is 0 Å². The van der Waals surface area contributed by atoms with Crippen LogP contribution in [0.25, 0.3) is 22.3 Å². The summed E-state index contributed by atoms with van der Waals surface area (Å²) in [6, 6.07) is 0. The fraction of sp³-hybridized carbons (Fsp3) is 0.333. The van der Waals surface area contributed by atoms with Crippen molar-refractivity contribution in [2.75, 3.05) is 12.5 Å². The van der Waals surface area contributed by atoms with Gasteiger partial charge in [0, 0.05) is 13.1 Å². The minimum atomic E-state index is 0.821. The number of rotatable bonds is 6. The predicted octanol–water partition coefficient (Wildman–Crippen LogP) is 2.50. The number of hydrogen-bond donors (Lipinski definition) is 0. The van der Waals surface area contributed by atoms with Crippen LogP contribution in [-0.2, 0) is 13.1 Å². The molecule has 8 nitrogen and oxygen atoms in total. The highest BCUT2D eigenvalue weighted by atomic mass is 32.2.